The second-order valence-corrected chi connectivity index (χ2v) is 7.40. The van der Waals surface area contributed by atoms with Gasteiger partial charge in [-0.2, -0.15) is 15.8 Å². The second-order valence-electron chi connectivity index (χ2n) is 7.40. The minimum atomic E-state index is -1.76. The van der Waals surface area contributed by atoms with Crippen molar-refractivity contribution < 1.29 is 19.0 Å². The SMILES string of the molecule is CCOC(=O)N1CC=C2C(OC)=C(N)C(C#N)(C#N)C(c3ccc(C#N)c(OC)c3)C2C1. The zero-order valence-corrected chi connectivity index (χ0v) is 18.1. The first-order valence-electron chi connectivity index (χ1n) is 9.99. The van der Waals surface area contributed by atoms with Crippen molar-refractivity contribution in [3.8, 4) is 24.0 Å². The van der Waals surface area contributed by atoms with E-state index in [1.54, 1.807) is 25.1 Å². The lowest BCUT2D eigenvalue weighted by Gasteiger charge is -2.45. The maximum atomic E-state index is 12.4. The minimum Gasteiger partial charge on any atom is -0.495 e. The first kappa shape index (κ1) is 22.5. The number of hydrogen-bond acceptors (Lipinski definition) is 8. The van der Waals surface area contributed by atoms with Crippen LogP contribution in [0.4, 0.5) is 4.79 Å². The molecule has 0 spiro atoms. The average Bonchev–Trinajstić information content (AvgIpc) is 2.82. The lowest BCUT2D eigenvalue weighted by atomic mass is 9.59. The lowest BCUT2D eigenvalue weighted by Crippen LogP contribution is -2.49. The second kappa shape index (κ2) is 8.91. The fourth-order valence-electron chi connectivity index (χ4n) is 4.47. The molecule has 32 heavy (non-hydrogen) atoms. The van der Waals surface area contributed by atoms with E-state index in [0.717, 1.165) is 5.57 Å². The Morgan fingerprint density at radius 2 is 1.97 bits per heavy atom. The molecule has 164 valence electrons. The van der Waals surface area contributed by atoms with Crippen LogP contribution in [-0.4, -0.2) is 44.9 Å². The first-order valence-corrected chi connectivity index (χ1v) is 9.99. The van der Waals surface area contributed by atoms with Crippen LogP contribution in [0.25, 0.3) is 0 Å². The number of carbonyl (C=O) groups is 1. The Morgan fingerprint density at radius 3 is 2.53 bits per heavy atom. The quantitative estimate of drug-likeness (QED) is 0.762. The molecule has 3 rings (SSSR count). The highest BCUT2D eigenvalue weighted by molar-refractivity contribution is 5.69. The summed E-state index contributed by atoms with van der Waals surface area (Å²) >= 11 is 0. The largest absolute Gasteiger partial charge is 0.495 e. The number of nitriles is 3. The number of allylic oxidation sites excluding steroid dienone is 2. The molecule has 1 aromatic rings. The summed E-state index contributed by atoms with van der Waals surface area (Å²) in [5.41, 5.74) is 6.26. The van der Waals surface area contributed by atoms with E-state index in [1.807, 2.05) is 6.08 Å². The third-order valence-electron chi connectivity index (χ3n) is 5.94. The Hall–Kier alpha value is -4.16. The number of carbonyl (C=O) groups excluding carboxylic acids is 1. The summed E-state index contributed by atoms with van der Waals surface area (Å²) in [6, 6.07) is 11.2. The molecule has 0 saturated heterocycles. The molecule has 9 nitrogen and oxygen atoms in total. The van der Waals surface area contributed by atoms with Crippen molar-refractivity contribution in [2.75, 3.05) is 33.9 Å². The summed E-state index contributed by atoms with van der Waals surface area (Å²) in [4.78, 5) is 13.9. The van der Waals surface area contributed by atoms with Crippen LogP contribution in [0.15, 0.2) is 41.3 Å². The predicted molar refractivity (Wildman–Crippen MR) is 112 cm³/mol. The van der Waals surface area contributed by atoms with Crippen LogP contribution in [0.5, 0.6) is 5.75 Å². The molecular formula is C23H23N5O4. The van der Waals surface area contributed by atoms with Crippen LogP contribution in [0.3, 0.4) is 0 Å². The molecule has 1 amide bonds. The number of rotatable bonds is 4. The van der Waals surface area contributed by atoms with Crippen molar-refractivity contribution in [1.29, 1.82) is 15.8 Å². The molecule has 0 bridgehead atoms. The van der Waals surface area contributed by atoms with E-state index < -0.39 is 23.3 Å². The summed E-state index contributed by atoms with van der Waals surface area (Å²) in [7, 11) is 2.87. The van der Waals surface area contributed by atoms with Gasteiger partial charge in [-0.1, -0.05) is 12.1 Å². The van der Waals surface area contributed by atoms with Crippen molar-refractivity contribution >= 4 is 6.09 Å². The standard InChI is InChI=1S/C23H23N5O4/c1-4-32-22(29)28-8-7-16-17(11-28)19(14-5-6-15(10-24)18(9-14)30-2)23(12-25,13-26)21(27)20(16)31-3/h5-7,9,17,19H,4,8,11,27H2,1-3H3. The van der Waals surface area contributed by atoms with Crippen molar-refractivity contribution in [3.05, 3.63) is 52.4 Å². The van der Waals surface area contributed by atoms with E-state index >= 15 is 0 Å². The summed E-state index contributed by atoms with van der Waals surface area (Å²) in [5, 5.41) is 29.7. The van der Waals surface area contributed by atoms with Crippen LogP contribution >= 0.6 is 0 Å². The van der Waals surface area contributed by atoms with Crippen molar-refractivity contribution in [3.63, 3.8) is 0 Å². The maximum Gasteiger partial charge on any atom is 0.410 e. The Bertz CT molecular complexity index is 1100. The monoisotopic (exact) mass is 433 g/mol. The normalized spacial score (nSPS) is 21.2. The molecule has 2 unspecified atom stereocenters. The highest BCUT2D eigenvalue weighted by atomic mass is 16.6. The van der Waals surface area contributed by atoms with E-state index in [-0.39, 0.29) is 31.2 Å². The Balaban J connectivity index is 2.26. The topological polar surface area (TPSA) is 145 Å². The molecule has 1 aromatic carbocycles. The third-order valence-corrected chi connectivity index (χ3v) is 5.94. The molecule has 1 aliphatic carbocycles. The number of methoxy groups -OCH3 is 2. The molecule has 1 aliphatic heterocycles. The van der Waals surface area contributed by atoms with E-state index in [1.165, 1.54) is 19.1 Å². The number of ether oxygens (including phenoxy) is 3. The van der Waals surface area contributed by atoms with Crippen molar-refractivity contribution in [2.24, 2.45) is 17.1 Å². The average molecular weight is 433 g/mol. The van der Waals surface area contributed by atoms with Gasteiger partial charge in [-0.3, -0.25) is 0 Å². The van der Waals surface area contributed by atoms with Gasteiger partial charge in [-0.15, -0.1) is 0 Å². The van der Waals surface area contributed by atoms with Gasteiger partial charge in [0.1, 0.15) is 17.6 Å². The van der Waals surface area contributed by atoms with E-state index in [9.17, 15) is 20.6 Å². The first-order chi connectivity index (χ1) is 15.4. The summed E-state index contributed by atoms with van der Waals surface area (Å²) in [6.45, 7) is 2.42. The number of hydrogen-bond donors (Lipinski definition) is 1. The van der Waals surface area contributed by atoms with Crippen LogP contribution in [-0.2, 0) is 9.47 Å². The molecule has 2 atom stereocenters. The zero-order valence-electron chi connectivity index (χ0n) is 18.1. The fraction of sp³-hybridized carbons (Fsp3) is 0.391. The molecule has 0 aromatic heterocycles. The van der Waals surface area contributed by atoms with Crippen LogP contribution in [0, 0.1) is 45.3 Å². The molecule has 0 fully saturated rings. The Labute approximate surface area is 186 Å². The number of nitrogens with two attached hydrogens (primary N) is 1. The molecule has 9 heteroatoms. The summed E-state index contributed by atoms with van der Waals surface area (Å²) in [5.74, 6) is -0.634. The minimum absolute atomic E-state index is 0.0189. The van der Waals surface area contributed by atoms with Gasteiger partial charge in [-0.05, 0) is 30.2 Å². The number of nitrogens with zero attached hydrogens (tertiary/aromatic N) is 4. The van der Waals surface area contributed by atoms with E-state index in [0.29, 0.717) is 16.9 Å². The molecule has 1 heterocycles. The van der Waals surface area contributed by atoms with Gasteiger partial charge in [0.15, 0.2) is 5.41 Å². The Morgan fingerprint density at radius 1 is 1.25 bits per heavy atom. The molecular weight excluding hydrogens is 410 g/mol. The molecule has 2 N–H and O–H groups in total. The van der Waals surface area contributed by atoms with Crippen LogP contribution in [0.2, 0.25) is 0 Å². The number of amides is 1. The maximum absolute atomic E-state index is 12.4. The zero-order chi connectivity index (χ0) is 23.5. The molecule has 0 radical (unpaired) electrons. The van der Waals surface area contributed by atoms with Crippen LogP contribution < -0.4 is 10.5 Å². The summed E-state index contributed by atoms with van der Waals surface area (Å²) in [6.07, 6.45) is 1.32. The summed E-state index contributed by atoms with van der Waals surface area (Å²) < 4.78 is 16.0. The van der Waals surface area contributed by atoms with Gasteiger partial charge < -0.3 is 24.8 Å². The van der Waals surface area contributed by atoms with Gasteiger partial charge in [0.05, 0.1) is 44.2 Å². The highest BCUT2D eigenvalue weighted by Gasteiger charge is 2.55. The van der Waals surface area contributed by atoms with Gasteiger partial charge in [0, 0.05) is 24.9 Å². The van der Waals surface area contributed by atoms with E-state index in [4.69, 9.17) is 19.9 Å². The Kier molecular flexibility index (Phi) is 6.27. The number of benzene rings is 1. The smallest absolute Gasteiger partial charge is 0.410 e. The predicted octanol–water partition coefficient (Wildman–Crippen LogP) is 2.53. The van der Waals surface area contributed by atoms with Gasteiger partial charge in [0.2, 0.25) is 0 Å². The number of fused-ring (bicyclic) bond motifs is 1. The van der Waals surface area contributed by atoms with Gasteiger partial charge in [0.25, 0.3) is 0 Å². The lowest BCUT2D eigenvalue weighted by molar-refractivity contribution is 0.0972. The molecule has 0 saturated carbocycles. The van der Waals surface area contributed by atoms with Crippen molar-refractivity contribution in [2.45, 2.75) is 12.8 Å². The van der Waals surface area contributed by atoms with Crippen LogP contribution in [0.1, 0.15) is 24.0 Å². The fourth-order valence-corrected chi connectivity index (χ4v) is 4.47. The van der Waals surface area contributed by atoms with Gasteiger partial charge >= 0.3 is 6.09 Å². The molecule has 2 aliphatic rings. The highest BCUT2D eigenvalue weighted by Crippen LogP contribution is 2.54. The van der Waals surface area contributed by atoms with E-state index in [2.05, 4.69) is 18.2 Å². The van der Waals surface area contributed by atoms with Gasteiger partial charge in [-0.25, -0.2) is 4.79 Å². The third kappa shape index (κ3) is 3.36. The van der Waals surface area contributed by atoms with Crippen molar-refractivity contribution in [1.82, 2.24) is 4.90 Å².